The number of rotatable bonds is 6. The van der Waals surface area contributed by atoms with Crippen molar-refractivity contribution < 1.29 is 9.18 Å². The van der Waals surface area contributed by atoms with Gasteiger partial charge in [0, 0.05) is 47.7 Å². The van der Waals surface area contributed by atoms with E-state index in [2.05, 4.69) is 20.2 Å². The number of nitrogens with one attached hydrogen (secondary N) is 2. The Morgan fingerprint density at radius 1 is 1.06 bits per heavy atom. The molecule has 2 heterocycles. The average molecular weight is 508 g/mol. The van der Waals surface area contributed by atoms with Crippen LogP contribution in [0.5, 0.6) is 0 Å². The molecule has 180 valence electrons. The first-order valence-electron chi connectivity index (χ1n) is 11.9. The molecule has 0 aromatic carbocycles. The van der Waals surface area contributed by atoms with Crippen LogP contribution in [0.4, 0.5) is 4.39 Å². The Morgan fingerprint density at radius 3 is 2.53 bits per heavy atom. The monoisotopic (exact) mass is 506 g/mol. The lowest BCUT2D eigenvalue weighted by Crippen LogP contribution is -2.57. The summed E-state index contributed by atoms with van der Waals surface area (Å²) in [4.78, 5) is 17.3. The highest BCUT2D eigenvalue weighted by molar-refractivity contribution is 6.23. The van der Waals surface area contributed by atoms with Gasteiger partial charge in [-0.2, -0.15) is 0 Å². The molecule has 1 aliphatic heterocycles. The summed E-state index contributed by atoms with van der Waals surface area (Å²) in [5, 5.41) is 6.70. The van der Waals surface area contributed by atoms with Gasteiger partial charge in [0.2, 0.25) is 5.91 Å². The van der Waals surface area contributed by atoms with E-state index in [1.807, 2.05) is 12.5 Å². The van der Waals surface area contributed by atoms with Crippen LogP contribution in [0.15, 0.2) is 18.7 Å². The second-order valence-corrected chi connectivity index (χ2v) is 11.8. The molecule has 4 rings (SSSR count). The SMILES string of the molecule is O=C(NCC1CC(Cl)CC(Cl)C1)C1CC(Cn2ccnc2)CC(C2CCC(F)CC2Cl)N1. The van der Waals surface area contributed by atoms with Gasteiger partial charge in [-0.1, -0.05) is 0 Å². The van der Waals surface area contributed by atoms with Crippen LogP contribution in [0.3, 0.4) is 0 Å². The summed E-state index contributed by atoms with van der Waals surface area (Å²) >= 11 is 19.3. The molecule has 3 fully saturated rings. The number of hydrogen-bond acceptors (Lipinski definition) is 3. The van der Waals surface area contributed by atoms with Crippen LogP contribution in [0, 0.1) is 17.8 Å². The van der Waals surface area contributed by atoms with Crippen LogP contribution in [-0.2, 0) is 11.3 Å². The van der Waals surface area contributed by atoms with Gasteiger partial charge < -0.3 is 15.2 Å². The van der Waals surface area contributed by atoms with Gasteiger partial charge in [-0.25, -0.2) is 9.37 Å². The lowest BCUT2D eigenvalue weighted by atomic mass is 9.75. The Labute approximate surface area is 205 Å². The number of piperidine rings is 1. The number of carbonyl (C=O) groups excluding carboxylic acids is 1. The number of imidazole rings is 1. The maximum Gasteiger partial charge on any atom is 0.237 e. The molecule has 1 aromatic rings. The fraction of sp³-hybridized carbons (Fsp3) is 0.826. The second-order valence-electron chi connectivity index (χ2n) is 10.0. The van der Waals surface area contributed by atoms with Crippen molar-refractivity contribution in [3.05, 3.63) is 18.7 Å². The van der Waals surface area contributed by atoms with Crippen LogP contribution in [0.25, 0.3) is 0 Å². The third kappa shape index (κ3) is 6.52. The van der Waals surface area contributed by atoms with Crippen LogP contribution in [0.2, 0.25) is 0 Å². The van der Waals surface area contributed by atoms with Crippen LogP contribution < -0.4 is 10.6 Å². The van der Waals surface area contributed by atoms with Gasteiger partial charge in [-0.05, 0) is 69.1 Å². The number of amides is 1. The van der Waals surface area contributed by atoms with E-state index in [-0.39, 0.29) is 40.0 Å². The summed E-state index contributed by atoms with van der Waals surface area (Å²) in [5.41, 5.74) is 0. The van der Waals surface area contributed by atoms with Crippen LogP contribution >= 0.6 is 34.8 Å². The van der Waals surface area contributed by atoms with E-state index in [1.54, 1.807) is 6.20 Å². The van der Waals surface area contributed by atoms with Crippen molar-refractivity contribution in [1.82, 2.24) is 20.2 Å². The number of alkyl halides is 4. The fourth-order valence-corrected chi connectivity index (χ4v) is 7.40. The molecule has 2 saturated carbocycles. The molecule has 2 N–H and O–H groups in total. The number of halogens is 4. The summed E-state index contributed by atoms with van der Waals surface area (Å²) < 4.78 is 15.9. The molecule has 0 radical (unpaired) electrons. The van der Waals surface area contributed by atoms with E-state index >= 15 is 0 Å². The lowest BCUT2D eigenvalue weighted by molar-refractivity contribution is -0.125. The molecule has 9 heteroatoms. The summed E-state index contributed by atoms with van der Waals surface area (Å²) in [7, 11) is 0. The minimum Gasteiger partial charge on any atom is -0.354 e. The molecule has 1 amide bonds. The third-order valence-corrected chi connectivity index (χ3v) is 8.66. The predicted octanol–water partition coefficient (Wildman–Crippen LogP) is 4.50. The molecule has 8 atom stereocenters. The molecular weight excluding hydrogens is 474 g/mol. The van der Waals surface area contributed by atoms with Crippen molar-refractivity contribution >= 4 is 40.7 Å². The zero-order valence-electron chi connectivity index (χ0n) is 18.3. The first-order chi connectivity index (χ1) is 15.4. The standard InChI is InChI=1S/C23H34Cl3FN4O/c24-16-5-14(6-17(25)9-16)11-29-23(32)22-8-15(12-31-4-3-28-13-31)7-21(30-22)19-2-1-18(27)10-20(19)26/h3-4,13-22,30H,1-2,5-12H2,(H,29,32). The van der Waals surface area contributed by atoms with E-state index in [0.29, 0.717) is 31.2 Å². The molecular formula is C23H34Cl3FN4O. The fourth-order valence-electron chi connectivity index (χ4n) is 5.87. The van der Waals surface area contributed by atoms with Gasteiger partial charge in [-0.3, -0.25) is 4.79 Å². The molecule has 0 spiro atoms. The molecule has 32 heavy (non-hydrogen) atoms. The molecule has 1 aromatic heterocycles. The van der Waals surface area contributed by atoms with Crippen molar-refractivity contribution in [2.75, 3.05) is 6.54 Å². The number of nitrogens with zero attached hydrogens (tertiary/aromatic N) is 2. The number of aromatic nitrogens is 2. The number of carbonyl (C=O) groups is 1. The number of hydrogen-bond donors (Lipinski definition) is 2. The molecule has 3 aliphatic rings. The Balaban J connectivity index is 1.39. The highest BCUT2D eigenvalue weighted by Crippen LogP contribution is 2.37. The first-order valence-corrected chi connectivity index (χ1v) is 13.2. The Hall–Kier alpha value is -0.560. The predicted molar refractivity (Wildman–Crippen MR) is 127 cm³/mol. The average Bonchev–Trinajstić information content (AvgIpc) is 3.24. The molecule has 2 aliphatic carbocycles. The first kappa shape index (κ1) is 24.6. The van der Waals surface area contributed by atoms with Gasteiger partial charge in [-0.15, -0.1) is 34.8 Å². The van der Waals surface area contributed by atoms with Gasteiger partial charge in [0.15, 0.2) is 0 Å². The highest BCUT2D eigenvalue weighted by Gasteiger charge is 2.41. The Morgan fingerprint density at radius 2 is 1.84 bits per heavy atom. The normalized spacial score (nSPS) is 40.7. The summed E-state index contributed by atoms with van der Waals surface area (Å²) in [6.45, 7) is 1.42. The minimum atomic E-state index is -0.815. The van der Waals surface area contributed by atoms with Crippen molar-refractivity contribution in [1.29, 1.82) is 0 Å². The van der Waals surface area contributed by atoms with Crippen LogP contribution in [-0.4, -0.2) is 56.4 Å². The van der Waals surface area contributed by atoms with Crippen molar-refractivity contribution in [3.8, 4) is 0 Å². The Bertz CT molecular complexity index is 729. The van der Waals surface area contributed by atoms with E-state index < -0.39 is 6.17 Å². The lowest BCUT2D eigenvalue weighted by Gasteiger charge is -2.43. The van der Waals surface area contributed by atoms with E-state index in [4.69, 9.17) is 34.8 Å². The Kier molecular flexibility index (Phi) is 8.63. The van der Waals surface area contributed by atoms with Gasteiger partial charge in [0.05, 0.1) is 12.4 Å². The molecule has 1 saturated heterocycles. The quantitative estimate of drug-likeness (QED) is 0.558. The van der Waals surface area contributed by atoms with Crippen LogP contribution in [0.1, 0.15) is 51.4 Å². The summed E-state index contributed by atoms with van der Waals surface area (Å²) in [6, 6.07) is -0.173. The van der Waals surface area contributed by atoms with Crippen molar-refractivity contribution in [3.63, 3.8) is 0 Å². The second kappa shape index (κ2) is 11.2. The molecule has 0 bridgehead atoms. The third-order valence-electron chi connectivity index (χ3n) is 7.45. The largest absolute Gasteiger partial charge is 0.354 e. The smallest absolute Gasteiger partial charge is 0.237 e. The minimum absolute atomic E-state index is 0.0263. The van der Waals surface area contributed by atoms with Gasteiger partial charge in [0.1, 0.15) is 6.17 Å². The maximum atomic E-state index is 13.8. The van der Waals surface area contributed by atoms with E-state index in [9.17, 15) is 9.18 Å². The topological polar surface area (TPSA) is 59.0 Å². The summed E-state index contributed by atoms with van der Waals surface area (Å²) in [5.74, 6) is 0.841. The van der Waals surface area contributed by atoms with E-state index in [0.717, 1.165) is 45.1 Å². The molecule has 8 unspecified atom stereocenters. The van der Waals surface area contributed by atoms with Gasteiger partial charge in [0.25, 0.3) is 0 Å². The summed E-state index contributed by atoms with van der Waals surface area (Å²) in [6.07, 6.45) is 10.7. The van der Waals surface area contributed by atoms with Crippen molar-refractivity contribution in [2.45, 2.75) is 92.3 Å². The van der Waals surface area contributed by atoms with Crippen molar-refractivity contribution in [2.24, 2.45) is 17.8 Å². The van der Waals surface area contributed by atoms with E-state index in [1.165, 1.54) is 0 Å². The zero-order valence-corrected chi connectivity index (χ0v) is 20.6. The highest BCUT2D eigenvalue weighted by atomic mass is 35.5. The molecule has 5 nitrogen and oxygen atoms in total. The maximum absolute atomic E-state index is 13.8. The zero-order chi connectivity index (χ0) is 22.7. The van der Waals surface area contributed by atoms with Gasteiger partial charge >= 0.3 is 0 Å².